The van der Waals surface area contributed by atoms with Gasteiger partial charge in [-0.2, -0.15) is 0 Å². The van der Waals surface area contributed by atoms with Crippen molar-refractivity contribution >= 4 is 24.8 Å². The highest BCUT2D eigenvalue weighted by Gasteiger charge is 2.20. The molecule has 0 bridgehead atoms. The highest BCUT2D eigenvalue weighted by Crippen LogP contribution is 2.20. The third kappa shape index (κ3) is 3.30. The number of rotatable bonds is 3. The van der Waals surface area contributed by atoms with Gasteiger partial charge in [0.15, 0.2) is 5.82 Å². The molecule has 2 N–H and O–H groups in total. The molecule has 2 heterocycles. The van der Waals surface area contributed by atoms with Crippen molar-refractivity contribution in [1.82, 2.24) is 19.7 Å². The van der Waals surface area contributed by atoms with Crippen LogP contribution in [0.15, 0.2) is 30.3 Å². The van der Waals surface area contributed by atoms with Crippen molar-refractivity contribution in [3.05, 3.63) is 36.2 Å². The molecule has 0 spiro atoms. The van der Waals surface area contributed by atoms with Crippen molar-refractivity contribution in [3.8, 4) is 11.4 Å². The highest BCUT2D eigenvalue weighted by atomic mass is 35.5. The number of halogens is 2. The molecule has 0 saturated carbocycles. The van der Waals surface area contributed by atoms with E-state index in [1.54, 1.807) is 0 Å². The first-order chi connectivity index (χ1) is 8.88. The summed E-state index contributed by atoms with van der Waals surface area (Å²) in [7, 11) is 0. The van der Waals surface area contributed by atoms with Gasteiger partial charge in [-0.15, -0.1) is 35.0 Å². The minimum Gasteiger partial charge on any atom is -0.329 e. The quantitative estimate of drug-likeness (QED) is 0.934. The van der Waals surface area contributed by atoms with Crippen LogP contribution in [0.1, 0.15) is 5.82 Å². The first-order valence-corrected chi connectivity index (χ1v) is 6.28. The predicted octanol–water partition coefficient (Wildman–Crippen LogP) is 1.56. The fourth-order valence-electron chi connectivity index (χ4n) is 2.38. The molecule has 0 aliphatic carbocycles. The Hall–Kier alpha value is -1.14. The average Bonchev–Trinajstić information content (AvgIpc) is 2.83. The van der Waals surface area contributed by atoms with E-state index in [1.807, 2.05) is 18.2 Å². The van der Waals surface area contributed by atoms with Crippen LogP contribution in [0.3, 0.4) is 0 Å². The molecule has 0 fully saturated rings. The first-order valence-electron chi connectivity index (χ1n) is 6.28. The van der Waals surface area contributed by atoms with Gasteiger partial charge >= 0.3 is 0 Å². The Morgan fingerprint density at radius 3 is 2.50 bits per heavy atom. The Labute approximate surface area is 131 Å². The van der Waals surface area contributed by atoms with Gasteiger partial charge in [0.25, 0.3) is 0 Å². The van der Waals surface area contributed by atoms with E-state index in [1.165, 1.54) is 0 Å². The predicted molar refractivity (Wildman–Crippen MR) is 84.3 cm³/mol. The lowest BCUT2D eigenvalue weighted by molar-refractivity contribution is 0.223. The van der Waals surface area contributed by atoms with Gasteiger partial charge < -0.3 is 10.3 Å². The molecule has 1 aliphatic heterocycles. The maximum absolute atomic E-state index is 5.59. The second kappa shape index (κ2) is 7.59. The van der Waals surface area contributed by atoms with Gasteiger partial charge in [-0.25, -0.2) is 0 Å². The smallest absolute Gasteiger partial charge is 0.164 e. The standard InChI is InChI=1S/C13H17N5.2ClH/c14-6-7-17-8-9-18-12(10-17)15-16-13(18)11-4-2-1-3-5-11;;/h1-5H,6-10,14H2;2*1H. The summed E-state index contributed by atoms with van der Waals surface area (Å²) >= 11 is 0. The Morgan fingerprint density at radius 1 is 1.05 bits per heavy atom. The van der Waals surface area contributed by atoms with E-state index in [0.717, 1.165) is 43.4 Å². The van der Waals surface area contributed by atoms with E-state index in [-0.39, 0.29) is 24.8 Å². The average molecular weight is 316 g/mol. The fraction of sp³-hybridized carbons (Fsp3) is 0.385. The molecular formula is C13H19Cl2N5. The van der Waals surface area contributed by atoms with Crippen molar-refractivity contribution < 1.29 is 0 Å². The molecule has 0 unspecified atom stereocenters. The summed E-state index contributed by atoms with van der Waals surface area (Å²) in [5.41, 5.74) is 6.72. The summed E-state index contributed by atoms with van der Waals surface area (Å²) < 4.78 is 2.21. The molecule has 1 aliphatic rings. The molecule has 2 aromatic rings. The summed E-state index contributed by atoms with van der Waals surface area (Å²) in [4.78, 5) is 2.32. The van der Waals surface area contributed by atoms with E-state index < -0.39 is 0 Å². The van der Waals surface area contributed by atoms with Crippen molar-refractivity contribution in [2.45, 2.75) is 13.1 Å². The number of nitrogens with two attached hydrogens (primary N) is 1. The van der Waals surface area contributed by atoms with Crippen LogP contribution in [0.2, 0.25) is 0 Å². The molecule has 0 radical (unpaired) electrons. The van der Waals surface area contributed by atoms with Crippen molar-refractivity contribution in [1.29, 1.82) is 0 Å². The van der Waals surface area contributed by atoms with Crippen molar-refractivity contribution in [2.24, 2.45) is 5.73 Å². The maximum atomic E-state index is 5.59. The van der Waals surface area contributed by atoms with Crippen LogP contribution in [0.4, 0.5) is 0 Å². The van der Waals surface area contributed by atoms with E-state index in [0.29, 0.717) is 6.54 Å². The Morgan fingerprint density at radius 2 is 1.80 bits per heavy atom. The Balaban J connectivity index is 0.000001000. The number of hydrogen-bond acceptors (Lipinski definition) is 4. The lowest BCUT2D eigenvalue weighted by atomic mass is 10.2. The number of nitrogens with zero attached hydrogens (tertiary/aromatic N) is 4. The summed E-state index contributed by atoms with van der Waals surface area (Å²) in [6.45, 7) is 4.42. The molecule has 1 aromatic carbocycles. The Bertz CT molecular complexity index is 529. The number of aromatic nitrogens is 3. The van der Waals surface area contributed by atoms with Gasteiger partial charge in [-0.05, 0) is 0 Å². The van der Waals surface area contributed by atoms with Crippen LogP contribution in [-0.2, 0) is 13.1 Å². The second-order valence-electron chi connectivity index (χ2n) is 4.52. The van der Waals surface area contributed by atoms with Gasteiger partial charge in [-0.3, -0.25) is 4.90 Å². The third-order valence-electron chi connectivity index (χ3n) is 3.31. The SMILES string of the molecule is Cl.Cl.NCCN1CCn2c(nnc2-c2ccccc2)C1. The molecule has 110 valence electrons. The molecule has 20 heavy (non-hydrogen) atoms. The summed E-state index contributed by atoms with van der Waals surface area (Å²) in [6, 6.07) is 10.2. The number of benzene rings is 1. The minimum atomic E-state index is 0. The van der Waals surface area contributed by atoms with E-state index in [9.17, 15) is 0 Å². The van der Waals surface area contributed by atoms with E-state index >= 15 is 0 Å². The second-order valence-corrected chi connectivity index (χ2v) is 4.52. The number of fused-ring (bicyclic) bond motifs is 1. The van der Waals surface area contributed by atoms with Gasteiger partial charge in [-0.1, -0.05) is 30.3 Å². The third-order valence-corrected chi connectivity index (χ3v) is 3.31. The van der Waals surface area contributed by atoms with Crippen LogP contribution in [-0.4, -0.2) is 39.3 Å². The van der Waals surface area contributed by atoms with E-state index in [4.69, 9.17) is 5.73 Å². The van der Waals surface area contributed by atoms with Crippen molar-refractivity contribution in [3.63, 3.8) is 0 Å². The first kappa shape index (κ1) is 16.9. The zero-order chi connectivity index (χ0) is 12.4. The van der Waals surface area contributed by atoms with Gasteiger partial charge in [0.05, 0.1) is 6.54 Å². The molecule has 7 heteroatoms. The lowest BCUT2D eigenvalue weighted by Gasteiger charge is -2.27. The van der Waals surface area contributed by atoms with E-state index in [2.05, 4.69) is 31.8 Å². The van der Waals surface area contributed by atoms with Crippen molar-refractivity contribution in [2.75, 3.05) is 19.6 Å². The molecule has 0 amide bonds. The molecule has 0 saturated heterocycles. The Kier molecular flexibility index (Phi) is 6.42. The zero-order valence-electron chi connectivity index (χ0n) is 11.1. The minimum absolute atomic E-state index is 0. The lowest BCUT2D eigenvalue weighted by Crippen LogP contribution is -2.37. The van der Waals surface area contributed by atoms with Crippen LogP contribution < -0.4 is 5.73 Å². The molecular weight excluding hydrogens is 297 g/mol. The number of hydrogen-bond donors (Lipinski definition) is 1. The van der Waals surface area contributed by atoms with Gasteiger partial charge in [0, 0.05) is 31.7 Å². The molecule has 3 rings (SSSR count). The molecule has 1 aromatic heterocycles. The summed E-state index contributed by atoms with van der Waals surface area (Å²) in [5, 5.41) is 8.61. The van der Waals surface area contributed by atoms with Gasteiger partial charge in [0.2, 0.25) is 0 Å². The highest BCUT2D eigenvalue weighted by molar-refractivity contribution is 5.85. The zero-order valence-corrected chi connectivity index (χ0v) is 12.7. The summed E-state index contributed by atoms with van der Waals surface area (Å²) in [5.74, 6) is 2.01. The normalized spacial score (nSPS) is 14.1. The topological polar surface area (TPSA) is 60.0 Å². The molecule has 0 atom stereocenters. The monoisotopic (exact) mass is 315 g/mol. The molecule has 5 nitrogen and oxygen atoms in total. The summed E-state index contributed by atoms with van der Waals surface area (Å²) in [6.07, 6.45) is 0. The van der Waals surface area contributed by atoms with Crippen LogP contribution in [0.25, 0.3) is 11.4 Å². The van der Waals surface area contributed by atoms with Crippen LogP contribution in [0.5, 0.6) is 0 Å². The fourth-order valence-corrected chi connectivity index (χ4v) is 2.38. The van der Waals surface area contributed by atoms with Crippen LogP contribution >= 0.6 is 24.8 Å². The van der Waals surface area contributed by atoms with Gasteiger partial charge in [0.1, 0.15) is 5.82 Å². The maximum Gasteiger partial charge on any atom is 0.164 e. The van der Waals surface area contributed by atoms with Crippen LogP contribution in [0, 0.1) is 0 Å². The largest absolute Gasteiger partial charge is 0.329 e.